The molecule has 1 aliphatic carbocycles. The molecular weight excluding hydrogens is 252 g/mol. The molecule has 0 spiro atoms. The predicted octanol–water partition coefficient (Wildman–Crippen LogP) is 4.79. The van der Waals surface area contributed by atoms with E-state index in [4.69, 9.17) is 0 Å². The lowest BCUT2D eigenvalue weighted by atomic mass is 10.1. The zero-order valence-corrected chi connectivity index (χ0v) is 12.4. The van der Waals surface area contributed by atoms with Crippen LogP contribution in [0.1, 0.15) is 33.1 Å². The summed E-state index contributed by atoms with van der Waals surface area (Å²) in [4.78, 5) is 13.6. The van der Waals surface area contributed by atoms with E-state index >= 15 is 0 Å². The van der Waals surface area contributed by atoms with Gasteiger partial charge in [0.15, 0.2) is 5.78 Å². The molecule has 2 rings (SSSR count). The van der Waals surface area contributed by atoms with Crippen molar-refractivity contribution in [1.82, 2.24) is 0 Å². The molecule has 0 N–H and O–H groups in total. The van der Waals surface area contributed by atoms with Gasteiger partial charge < -0.3 is 0 Å². The molecule has 0 saturated carbocycles. The van der Waals surface area contributed by atoms with E-state index in [1.807, 2.05) is 18.2 Å². The summed E-state index contributed by atoms with van der Waals surface area (Å²) < 4.78 is 0. The molecule has 0 bridgehead atoms. The van der Waals surface area contributed by atoms with Gasteiger partial charge in [0.25, 0.3) is 0 Å². The maximum Gasteiger partial charge on any atom is 0.172 e. The van der Waals surface area contributed by atoms with E-state index in [9.17, 15) is 4.79 Å². The average Bonchev–Trinajstić information content (AvgIpc) is 2.68. The summed E-state index contributed by atoms with van der Waals surface area (Å²) in [6, 6.07) is 10.2. The summed E-state index contributed by atoms with van der Waals surface area (Å²) in [7, 11) is 0. The van der Waals surface area contributed by atoms with Crippen LogP contribution in [0.5, 0.6) is 0 Å². The van der Waals surface area contributed by atoms with Crippen LogP contribution in [0.3, 0.4) is 0 Å². The molecule has 2 heteroatoms. The number of allylic oxidation sites excluding steroid dienone is 4. The summed E-state index contributed by atoms with van der Waals surface area (Å²) in [6.07, 6.45) is 6.97. The van der Waals surface area contributed by atoms with Gasteiger partial charge in [0.2, 0.25) is 0 Å². The summed E-state index contributed by atoms with van der Waals surface area (Å²) >= 11 is 1.69. The number of rotatable bonds is 5. The standard InChI is InChI=1S/C17H20OS/c1-3-4-6-11-15-13(2)12-16(17(15)18)19-14-9-7-5-8-10-14/h4-10,16H,3,11-12H2,1-2H3/b6-4-. The highest BCUT2D eigenvalue weighted by Gasteiger charge is 2.30. The maximum absolute atomic E-state index is 12.4. The van der Waals surface area contributed by atoms with Crippen LogP contribution in [-0.2, 0) is 4.79 Å². The second kappa shape index (κ2) is 6.76. The van der Waals surface area contributed by atoms with Gasteiger partial charge in [0.1, 0.15) is 0 Å². The van der Waals surface area contributed by atoms with Crippen LogP contribution in [0.4, 0.5) is 0 Å². The summed E-state index contributed by atoms with van der Waals surface area (Å²) in [5.41, 5.74) is 2.29. The zero-order chi connectivity index (χ0) is 13.7. The lowest BCUT2D eigenvalue weighted by Crippen LogP contribution is -2.12. The lowest BCUT2D eigenvalue weighted by Gasteiger charge is -2.08. The van der Waals surface area contributed by atoms with Crippen LogP contribution in [0, 0.1) is 0 Å². The first-order valence-corrected chi connectivity index (χ1v) is 7.70. The third kappa shape index (κ3) is 3.60. The van der Waals surface area contributed by atoms with Crippen molar-refractivity contribution in [3.8, 4) is 0 Å². The van der Waals surface area contributed by atoms with Crippen LogP contribution < -0.4 is 0 Å². The van der Waals surface area contributed by atoms with E-state index in [1.165, 1.54) is 10.5 Å². The normalized spacial score (nSPS) is 19.7. The first-order chi connectivity index (χ1) is 9.22. The van der Waals surface area contributed by atoms with Gasteiger partial charge in [0.05, 0.1) is 5.25 Å². The van der Waals surface area contributed by atoms with Crippen LogP contribution in [-0.4, -0.2) is 11.0 Å². The third-order valence-corrected chi connectivity index (χ3v) is 4.55. The fourth-order valence-corrected chi connectivity index (χ4v) is 3.53. The quantitative estimate of drug-likeness (QED) is 0.717. The topological polar surface area (TPSA) is 17.1 Å². The van der Waals surface area contributed by atoms with Gasteiger partial charge in [-0.1, -0.05) is 42.8 Å². The van der Waals surface area contributed by atoms with Gasteiger partial charge >= 0.3 is 0 Å². The van der Waals surface area contributed by atoms with Crippen molar-refractivity contribution in [1.29, 1.82) is 0 Å². The molecular formula is C17H20OS. The highest BCUT2D eigenvalue weighted by atomic mass is 32.2. The Morgan fingerprint density at radius 1 is 1.26 bits per heavy atom. The number of carbonyl (C=O) groups excluding carboxylic acids is 1. The van der Waals surface area contributed by atoms with Crippen molar-refractivity contribution in [3.05, 3.63) is 53.6 Å². The molecule has 0 aliphatic heterocycles. The smallest absolute Gasteiger partial charge is 0.172 e. The molecule has 1 aliphatic rings. The minimum atomic E-state index is 0.0763. The number of benzene rings is 1. The number of carbonyl (C=O) groups is 1. The molecule has 0 aromatic heterocycles. The highest BCUT2D eigenvalue weighted by Crippen LogP contribution is 2.36. The fourth-order valence-electron chi connectivity index (χ4n) is 2.30. The van der Waals surface area contributed by atoms with Gasteiger partial charge in [-0.05, 0) is 43.9 Å². The van der Waals surface area contributed by atoms with Crippen LogP contribution >= 0.6 is 11.8 Å². The minimum Gasteiger partial charge on any atom is -0.293 e. The van der Waals surface area contributed by atoms with Gasteiger partial charge in [-0.2, -0.15) is 0 Å². The molecule has 1 aromatic rings. The first kappa shape index (κ1) is 14.1. The Morgan fingerprint density at radius 3 is 2.68 bits per heavy atom. The molecule has 1 nitrogen and oxygen atoms in total. The van der Waals surface area contributed by atoms with E-state index in [-0.39, 0.29) is 5.25 Å². The molecule has 1 aromatic carbocycles. The van der Waals surface area contributed by atoms with Crippen molar-refractivity contribution in [2.75, 3.05) is 0 Å². The number of hydrogen-bond donors (Lipinski definition) is 0. The van der Waals surface area contributed by atoms with Crippen molar-refractivity contribution >= 4 is 17.5 Å². The number of hydrogen-bond acceptors (Lipinski definition) is 2. The summed E-state index contributed by atoms with van der Waals surface area (Å²) in [5, 5.41) is 0.0763. The zero-order valence-electron chi connectivity index (χ0n) is 11.6. The van der Waals surface area contributed by atoms with Crippen LogP contribution in [0.25, 0.3) is 0 Å². The Bertz CT molecular complexity index is 499. The number of thioether (sulfide) groups is 1. The van der Waals surface area contributed by atoms with Crippen LogP contribution in [0.2, 0.25) is 0 Å². The van der Waals surface area contributed by atoms with Gasteiger partial charge in [0, 0.05) is 4.90 Å². The van der Waals surface area contributed by atoms with Crippen molar-refractivity contribution in [2.45, 2.75) is 43.3 Å². The van der Waals surface area contributed by atoms with E-state index < -0.39 is 0 Å². The predicted molar refractivity (Wildman–Crippen MR) is 82.5 cm³/mol. The fraction of sp³-hybridized carbons (Fsp3) is 0.353. The SMILES string of the molecule is CC/C=C\CC1=C(C)CC(Sc2ccccc2)C1=O. The second-order valence-electron chi connectivity index (χ2n) is 4.83. The Kier molecular flexibility index (Phi) is 5.03. The van der Waals surface area contributed by atoms with E-state index in [2.05, 4.69) is 38.1 Å². The van der Waals surface area contributed by atoms with Crippen LogP contribution in [0.15, 0.2) is 58.5 Å². The summed E-state index contributed by atoms with van der Waals surface area (Å²) in [5.74, 6) is 0.326. The van der Waals surface area contributed by atoms with Gasteiger partial charge in [-0.15, -0.1) is 11.8 Å². The Labute approximate surface area is 119 Å². The molecule has 100 valence electrons. The van der Waals surface area contributed by atoms with Crippen molar-refractivity contribution < 1.29 is 4.79 Å². The molecule has 0 amide bonds. The lowest BCUT2D eigenvalue weighted by molar-refractivity contribution is -0.114. The van der Waals surface area contributed by atoms with Crippen molar-refractivity contribution in [3.63, 3.8) is 0 Å². The van der Waals surface area contributed by atoms with E-state index in [0.29, 0.717) is 5.78 Å². The number of Topliss-reactive ketones (excluding diaryl/α,β-unsaturated/α-hetero) is 1. The molecule has 19 heavy (non-hydrogen) atoms. The highest BCUT2D eigenvalue weighted by molar-refractivity contribution is 8.00. The number of ketones is 1. The Balaban J connectivity index is 2.01. The monoisotopic (exact) mass is 272 g/mol. The van der Waals surface area contributed by atoms with E-state index in [0.717, 1.165) is 24.8 Å². The molecule has 1 unspecified atom stereocenters. The second-order valence-corrected chi connectivity index (χ2v) is 6.11. The summed E-state index contributed by atoms with van der Waals surface area (Å²) in [6.45, 7) is 4.21. The molecule has 0 heterocycles. The molecule has 0 radical (unpaired) electrons. The molecule has 0 fully saturated rings. The molecule has 0 saturated heterocycles. The maximum atomic E-state index is 12.4. The Hall–Kier alpha value is -1.28. The van der Waals surface area contributed by atoms with Gasteiger partial charge in [-0.25, -0.2) is 0 Å². The largest absolute Gasteiger partial charge is 0.293 e. The van der Waals surface area contributed by atoms with Crippen molar-refractivity contribution in [2.24, 2.45) is 0 Å². The Morgan fingerprint density at radius 2 is 2.00 bits per heavy atom. The third-order valence-electron chi connectivity index (χ3n) is 3.34. The molecule has 1 atom stereocenters. The van der Waals surface area contributed by atoms with E-state index in [1.54, 1.807) is 11.8 Å². The first-order valence-electron chi connectivity index (χ1n) is 6.82. The average molecular weight is 272 g/mol. The minimum absolute atomic E-state index is 0.0763. The van der Waals surface area contributed by atoms with Gasteiger partial charge in [-0.3, -0.25) is 4.79 Å².